The third-order valence-electron chi connectivity index (χ3n) is 6.49. The first-order valence-corrected chi connectivity index (χ1v) is 14.3. The smallest absolute Gasteiger partial charge is 0.339 e. The van der Waals surface area contributed by atoms with E-state index in [0.29, 0.717) is 17.0 Å². The van der Waals surface area contributed by atoms with E-state index in [1.165, 1.54) is 24.5 Å². The van der Waals surface area contributed by atoms with E-state index in [1.807, 2.05) is 0 Å². The van der Waals surface area contributed by atoms with Gasteiger partial charge in [0.15, 0.2) is 11.7 Å². The van der Waals surface area contributed by atoms with Gasteiger partial charge in [0, 0.05) is 29.3 Å². The molecule has 16 nitrogen and oxygen atoms in total. The molecule has 0 spiro atoms. The molecular weight excluding hydrogens is 628 g/mol. The van der Waals surface area contributed by atoms with Crippen LogP contribution < -0.4 is 16.0 Å². The minimum Gasteiger partial charge on any atom is -0.480 e. The zero-order chi connectivity index (χ0) is 34.6. The number of aromatic nitrogens is 3. The number of nitrogens with one attached hydrogen (secondary N) is 3. The molecule has 0 aliphatic rings. The number of esters is 2. The first kappa shape index (κ1) is 34.4. The van der Waals surface area contributed by atoms with Crippen molar-refractivity contribution < 1.29 is 47.8 Å². The molecule has 3 heterocycles. The molecule has 248 valence electrons. The van der Waals surface area contributed by atoms with Gasteiger partial charge in [0.2, 0.25) is 17.7 Å². The molecule has 0 aliphatic carbocycles. The number of rotatable bonds is 14. The summed E-state index contributed by atoms with van der Waals surface area (Å²) in [5.41, 5.74) is 1.90. The van der Waals surface area contributed by atoms with E-state index in [9.17, 15) is 33.9 Å². The van der Waals surface area contributed by atoms with E-state index >= 15 is 0 Å². The van der Waals surface area contributed by atoms with Crippen LogP contribution in [0.15, 0.2) is 77.7 Å². The number of ether oxygens (including phenoxy) is 2. The van der Waals surface area contributed by atoms with Gasteiger partial charge < -0.3 is 34.9 Å². The lowest BCUT2D eigenvalue weighted by Crippen LogP contribution is -2.53. The lowest BCUT2D eigenvalue weighted by Gasteiger charge is -2.19. The number of carbonyl (C=O) groups is 6. The Balaban J connectivity index is 1.37. The van der Waals surface area contributed by atoms with Crippen LogP contribution in [-0.2, 0) is 23.9 Å². The van der Waals surface area contributed by atoms with Gasteiger partial charge in [-0.05, 0) is 50.2 Å². The van der Waals surface area contributed by atoms with Crippen LogP contribution in [-0.4, -0.2) is 87.5 Å². The van der Waals surface area contributed by atoms with Gasteiger partial charge in [0.05, 0.1) is 17.7 Å². The van der Waals surface area contributed by atoms with Crippen molar-refractivity contribution in [2.45, 2.75) is 25.9 Å². The van der Waals surface area contributed by atoms with Crippen molar-refractivity contribution in [1.29, 1.82) is 0 Å². The van der Waals surface area contributed by atoms with Crippen LogP contribution in [0.5, 0.6) is 0 Å². The molecule has 0 unspecified atom stereocenters. The molecule has 4 aromatic rings. The Morgan fingerprint density at radius 1 is 0.792 bits per heavy atom. The molecular formula is C32H30N6O10. The lowest BCUT2D eigenvalue weighted by atomic mass is 10.2. The second-order valence-electron chi connectivity index (χ2n) is 10.2. The average Bonchev–Trinajstić information content (AvgIpc) is 3.59. The van der Waals surface area contributed by atoms with Crippen molar-refractivity contribution in [2.24, 2.45) is 0 Å². The van der Waals surface area contributed by atoms with Crippen LogP contribution in [0.4, 0.5) is 0 Å². The fourth-order valence-electron chi connectivity index (χ4n) is 3.88. The van der Waals surface area contributed by atoms with Gasteiger partial charge >= 0.3 is 17.9 Å². The van der Waals surface area contributed by atoms with Crippen LogP contribution in [0.1, 0.15) is 42.6 Å². The first-order chi connectivity index (χ1) is 23.0. The molecule has 2 atom stereocenters. The second kappa shape index (κ2) is 16.2. The third kappa shape index (κ3) is 9.77. The predicted octanol–water partition coefficient (Wildman–Crippen LogP) is 1.25. The number of nitrogens with zero attached hydrogens (tertiary/aromatic N) is 3. The number of aliphatic carboxylic acids is 1. The molecule has 0 radical (unpaired) electrons. The van der Waals surface area contributed by atoms with Crippen molar-refractivity contribution >= 4 is 35.6 Å². The van der Waals surface area contributed by atoms with Crippen molar-refractivity contribution in [1.82, 2.24) is 30.9 Å². The summed E-state index contributed by atoms with van der Waals surface area (Å²) in [5, 5.41) is 16.3. The van der Waals surface area contributed by atoms with Gasteiger partial charge in [-0.25, -0.2) is 19.4 Å². The van der Waals surface area contributed by atoms with Gasteiger partial charge in [0.25, 0.3) is 5.91 Å². The van der Waals surface area contributed by atoms with Crippen molar-refractivity contribution in [3.63, 3.8) is 0 Å². The summed E-state index contributed by atoms with van der Waals surface area (Å²) in [6.45, 7) is 1.32. The van der Waals surface area contributed by atoms with Crippen LogP contribution >= 0.6 is 0 Å². The fraction of sp³-hybridized carbons (Fsp3) is 0.219. The number of hydrogen-bond acceptors (Lipinski definition) is 12. The molecule has 1 aromatic carbocycles. The van der Waals surface area contributed by atoms with Crippen LogP contribution in [0.2, 0.25) is 0 Å². The number of amides is 3. The Morgan fingerprint density at radius 3 is 1.92 bits per heavy atom. The molecule has 48 heavy (non-hydrogen) atoms. The van der Waals surface area contributed by atoms with E-state index in [4.69, 9.17) is 13.9 Å². The molecule has 0 bridgehead atoms. The van der Waals surface area contributed by atoms with Gasteiger partial charge in [-0.2, -0.15) is 0 Å². The molecule has 0 fully saturated rings. The highest BCUT2D eigenvalue weighted by molar-refractivity contribution is 5.97. The summed E-state index contributed by atoms with van der Waals surface area (Å²) in [6.07, 6.45) is 3.62. The highest BCUT2D eigenvalue weighted by Crippen LogP contribution is 2.18. The quantitative estimate of drug-likeness (QED) is 0.140. The van der Waals surface area contributed by atoms with E-state index in [0.717, 1.165) is 6.26 Å². The number of aryl methyl sites for hydroxylation is 2. The Labute approximate surface area is 272 Å². The minimum absolute atomic E-state index is 0.0812. The van der Waals surface area contributed by atoms with Crippen LogP contribution in [0.25, 0.3) is 11.5 Å². The van der Waals surface area contributed by atoms with E-state index in [1.54, 1.807) is 56.3 Å². The number of hydrogen-bond donors (Lipinski definition) is 4. The molecule has 4 rings (SSSR count). The standard InChI is InChI=1S/C32H30N6O10/c1-18-8-10-21(12-33-18)31(44)47-16-23(37-28(41)24-15-46-29(38-24)20-6-4-3-5-7-20)27(40)35-14-26(39)36-25(30(42)43)17-48-32(45)22-11-9-19(2)34-13-22/h3-13,15,23,25H,14,16-17H2,1-2H3,(H,35,40)(H,36,39)(H,37,41)(H,42,43)/t23-,25-/m0/s1. The molecule has 3 amide bonds. The van der Waals surface area contributed by atoms with Gasteiger partial charge in [-0.3, -0.25) is 24.4 Å². The Kier molecular flexibility index (Phi) is 11.6. The molecule has 0 aliphatic heterocycles. The first-order valence-electron chi connectivity index (χ1n) is 14.3. The summed E-state index contributed by atoms with van der Waals surface area (Å²) in [4.78, 5) is 87.3. The maximum atomic E-state index is 13.1. The normalized spacial score (nSPS) is 11.8. The fourth-order valence-corrected chi connectivity index (χ4v) is 3.88. The maximum Gasteiger partial charge on any atom is 0.339 e. The number of benzene rings is 1. The molecule has 0 saturated heterocycles. The summed E-state index contributed by atoms with van der Waals surface area (Å²) < 4.78 is 15.6. The van der Waals surface area contributed by atoms with Crippen LogP contribution in [0.3, 0.4) is 0 Å². The second-order valence-corrected chi connectivity index (χ2v) is 10.2. The topological polar surface area (TPSA) is 229 Å². The highest BCUT2D eigenvalue weighted by atomic mass is 16.5. The largest absolute Gasteiger partial charge is 0.480 e. The monoisotopic (exact) mass is 658 g/mol. The average molecular weight is 659 g/mol. The Bertz CT molecular complexity index is 1780. The van der Waals surface area contributed by atoms with Gasteiger partial charge in [-0.15, -0.1) is 0 Å². The number of carbonyl (C=O) groups excluding carboxylic acids is 5. The maximum absolute atomic E-state index is 13.1. The van der Waals surface area contributed by atoms with Crippen molar-refractivity contribution in [3.05, 3.63) is 101 Å². The molecule has 4 N–H and O–H groups in total. The number of oxazole rings is 1. The highest BCUT2D eigenvalue weighted by Gasteiger charge is 2.27. The number of pyridine rings is 2. The molecule has 3 aromatic heterocycles. The zero-order valence-electron chi connectivity index (χ0n) is 25.7. The van der Waals surface area contributed by atoms with Crippen LogP contribution in [0, 0.1) is 13.8 Å². The van der Waals surface area contributed by atoms with Gasteiger partial charge in [-0.1, -0.05) is 18.2 Å². The molecule has 0 saturated carbocycles. The minimum atomic E-state index is -1.65. The summed E-state index contributed by atoms with van der Waals surface area (Å²) >= 11 is 0. The summed E-state index contributed by atoms with van der Waals surface area (Å²) in [7, 11) is 0. The zero-order valence-corrected chi connectivity index (χ0v) is 25.7. The SMILES string of the molecule is Cc1ccc(C(=O)OC[C@H](NC(=O)CNC(=O)[C@H](COC(=O)c2ccc(C)nc2)NC(=O)c2coc(-c3ccccc3)n2)C(=O)O)cn1. The third-order valence-corrected chi connectivity index (χ3v) is 6.49. The Hall–Kier alpha value is -6.45. The number of carboxylic acids is 1. The lowest BCUT2D eigenvalue weighted by molar-refractivity contribution is -0.142. The van der Waals surface area contributed by atoms with Gasteiger partial charge in [0.1, 0.15) is 25.5 Å². The van der Waals surface area contributed by atoms with E-state index < -0.39 is 67.5 Å². The molecule has 16 heteroatoms. The summed E-state index contributed by atoms with van der Waals surface area (Å²) in [5.74, 6) is -5.81. The van der Waals surface area contributed by atoms with E-state index in [-0.39, 0.29) is 22.7 Å². The van der Waals surface area contributed by atoms with Crippen molar-refractivity contribution in [3.8, 4) is 11.5 Å². The van der Waals surface area contributed by atoms with E-state index in [2.05, 4.69) is 30.9 Å². The summed E-state index contributed by atoms with van der Waals surface area (Å²) in [6, 6.07) is 11.6. The van der Waals surface area contributed by atoms with Crippen molar-refractivity contribution in [2.75, 3.05) is 19.8 Å². The number of carboxylic acid groups (broad SMARTS) is 1. The predicted molar refractivity (Wildman–Crippen MR) is 164 cm³/mol. The Morgan fingerprint density at radius 2 is 1.38 bits per heavy atom.